The molecule has 1 fully saturated rings. The first-order valence-corrected chi connectivity index (χ1v) is 14.4. The van der Waals surface area contributed by atoms with Gasteiger partial charge in [0.2, 0.25) is 5.91 Å². The molecule has 0 unspecified atom stereocenters. The average molecular weight is 630 g/mol. The molecule has 1 aliphatic heterocycles. The van der Waals surface area contributed by atoms with Gasteiger partial charge in [-0.2, -0.15) is 0 Å². The summed E-state index contributed by atoms with van der Waals surface area (Å²) in [5.74, 6) is -1.83. The normalized spacial score (nSPS) is 23.3. The van der Waals surface area contributed by atoms with Gasteiger partial charge in [0.1, 0.15) is 18.8 Å². The first-order chi connectivity index (χ1) is 20.0. The van der Waals surface area contributed by atoms with Gasteiger partial charge < -0.3 is 50.6 Å². The van der Waals surface area contributed by atoms with E-state index in [1.165, 1.54) is 7.05 Å². The highest BCUT2D eigenvalue weighted by Crippen LogP contribution is 2.34. The van der Waals surface area contributed by atoms with E-state index < -0.39 is 54.5 Å². The predicted octanol–water partition coefficient (Wildman–Crippen LogP) is 0.341. The summed E-state index contributed by atoms with van der Waals surface area (Å²) in [7, 11) is 1.54. The van der Waals surface area contributed by atoms with Crippen LogP contribution in [0.15, 0.2) is 24.3 Å². The van der Waals surface area contributed by atoms with Crippen molar-refractivity contribution in [2.45, 2.75) is 74.8 Å². The number of ether oxygens (including phenoxy) is 3. The number of unbranched alkanes of at least 4 members (excludes halogenated alkanes) is 3. The first kappa shape index (κ1) is 35.7. The number of aliphatic hydroxyl groups is 3. The number of hydrogen-bond acceptors (Lipinski definition) is 9. The number of rotatable bonds is 17. The Morgan fingerprint density at radius 1 is 1.21 bits per heavy atom. The molecule has 6 atom stereocenters. The molecule has 0 radical (unpaired) electrons. The minimum Gasteiger partial charge on any atom is -0.477 e. The van der Waals surface area contributed by atoms with E-state index in [1.54, 1.807) is 24.3 Å². The van der Waals surface area contributed by atoms with Gasteiger partial charge in [-0.05, 0) is 42.8 Å². The highest BCUT2D eigenvalue weighted by Gasteiger charge is 2.55. The molecule has 234 valence electrons. The van der Waals surface area contributed by atoms with Crippen LogP contribution in [-0.4, -0.2) is 107 Å². The maximum Gasteiger partial charge on any atom is 0.364 e. The molecule has 42 heavy (non-hydrogen) atoms. The SMILES string of the molecule is C#CCOCCCCCCO[C@]1(C(=O)O)C[C@H](O)[C@@H](NC(=S)NC)[C@H]([C@H](O)[C@H](O)CNC(=O)Cc2ccc(Cl)cc2)O1. The third-order valence-corrected chi connectivity index (χ3v) is 7.22. The number of thiocarbonyl (C=S) groups is 1. The number of carboxylic acid groups (broad SMARTS) is 1. The fourth-order valence-electron chi connectivity index (χ4n) is 4.38. The summed E-state index contributed by atoms with van der Waals surface area (Å²) >= 11 is 11.0. The van der Waals surface area contributed by atoms with Gasteiger partial charge in [0.05, 0.1) is 31.3 Å². The molecule has 2 rings (SSSR count). The smallest absolute Gasteiger partial charge is 0.364 e. The summed E-state index contributed by atoms with van der Waals surface area (Å²) in [5.41, 5.74) is 0.691. The molecule has 0 spiro atoms. The summed E-state index contributed by atoms with van der Waals surface area (Å²) in [6.45, 7) is 0.393. The Bertz CT molecular complexity index is 1060. The van der Waals surface area contributed by atoms with Crippen LogP contribution in [-0.2, 0) is 30.2 Å². The van der Waals surface area contributed by atoms with Crippen LogP contribution in [0.4, 0.5) is 0 Å². The van der Waals surface area contributed by atoms with Gasteiger partial charge in [-0.3, -0.25) is 4.79 Å². The fourth-order valence-corrected chi connectivity index (χ4v) is 4.64. The Balaban J connectivity index is 2.05. The van der Waals surface area contributed by atoms with Crippen molar-refractivity contribution in [3.8, 4) is 12.3 Å². The van der Waals surface area contributed by atoms with Crippen molar-refractivity contribution in [3.63, 3.8) is 0 Å². The minimum atomic E-state index is -2.29. The Morgan fingerprint density at radius 2 is 1.88 bits per heavy atom. The molecule has 1 aliphatic rings. The van der Waals surface area contributed by atoms with E-state index in [-0.39, 0.29) is 31.3 Å². The predicted molar refractivity (Wildman–Crippen MR) is 159 cm³/mol. The van der Waals surface area contributed by atoms with Crippen molar-refractivity contribution in [2.75, 3.05) is 33.4 Å². The summed E-state index contributed by atoms with van der Waals surface area (Å²) in [5, 5.41) is 51.5. The topological polar surface area (TPSA) is 179 Å². The summed E-state index contributed by atoms with van der Waals surface area (Å²) in [6, 6.07) is 5.55. The average Bonchev–Trinajstić information content (AvgIpc) is 2.96. The van der Waals surface area contributed by atoms with Gasteiger partial charge in [-0.1, -0.05) is 42.5 Å². The lowest BCUT2D eigenvalue weighted by Gasteiger charge is -2.47. The zero-order valence-corrected chi connectivity index (χ0v) is 25.0. The molecule has 1 saturated heterocycles. The third kappa shape index (κ3) is 11.3. The van der Waals surface area contributed by atoms with Crippen LogP contribution in [0, 0.1) is 12.3 Å². The first-order valence-electron chi connectivity index (χ1n) is 13.6. The highest BCUT2D eigenvalue weighted by atomic mass is 35.5. The Morgan fingerprint density at radius 3 is 2.50 bits per heavy atom. The number of carbonyl (C=O) groups excluding carboxylic acids is 1. The van der Waals surface area contributed by atoms with Crippen LogP contribution in [0.5, 0.6) is 0 Å². The van der Waals surface area contributed by atoms with Crippen molar-refractivity contribution in [3.05, 3.63) is 34.9 Å². The standard InChI is InChI=1S/C28H40ClN3O9S/c1-3-12-39-13-6-4-5-7-14-40-28(26(37)38)16-20(33)23(32-27(42)30-2)25(41-28)24(36)21(34)17-31-22(35)15-18-8-10-19(29)11-9-18/h1,8-11,20-21,23-25,33-34,36H,4-7,12-17H2,2H3,(H,31,35)(H,37,38)(H2,30,32,42)/t20-,21+,23+,24+,25+,28+/m0/s1. The Labute approximate surface area is 256 Å². The monoisotopic (exact) mass is 629 g/mol. The number of aliphatic hydroxyl groups excluding tert-OH is 3. The van der Waals surface area contributed by atoms with Crippen molar-refractivity contribution in [2.24, 2.45) is 0 Å². The Kier molecular flexibility index (Phi) is 15.4. The largest absolute Gasteiger partial charge is 0.477 e. The quantitative estimate of drug-likeness (QED) is 0.0715. The van der Waals surface area contributed by atoms with E-state index in [0.717, 1.165) is 19.3 Å². The lowest BCUT2D eigenvalue weighted by molar-refractivity contribution is -0.310. The zero-order valence-electron chi connectivity index (χ0n) is 23.5. The number of amides is 1. The molecular weight excluding hydrogens is 590 g/mol. The second kappa shape index (κ2) is 18.2. The second-order valence-electron chi connectivity index (χ2n) is 9.85. The molecule has 0 aliphatic carbocycles. The van der Waals surface area contributed by atoms with Crippen LogP contribution in [0.25, 0.3) is 0 Å². The van der Waals surface area contributed by atoms with E-state index >= 15 is 0 Å². The fraction of sp³-hybridized carbons (Fsp3) is 0.607. The number of hydrogen-bond donors (Lipinski definition) is 7. The Hall–Kier alpha value is -2.54. The van der Waals surface area contributed by atoms with Crippen molar-refractivity contribution < 1.29 is 44.2 Å². The lowest BCUT2D eigenvalue weighted by atomic mass is 9.88. The van der Waals surface area contributed by atoms with Crippen LogP contribution < -0.4 is 16.0 Å². The number of benzene rings is 1. The molecule has 14 heteroatoms. The van der Waals surface area contributed by atoms with E-state index in [0.29, 0.717) is 23.6 Å². The highest BCUT2D eigenvalue weighted by molar-refractivity contribution is 7.80. The molecular formula is C28H40ClN3O9S. The molecule has 1 aromatic carbocycles. The van der Waals surface area contributed by atoms with Gasteiger partial charge in [-0.15, -0.1) is 6.42 Å². The number of carbonyl (C=O) groups is 2. The number of aliphatic carboxylic acids is 1. The molecule has 12 nitrogen and oxygen atoms in total. The van der Waals surface area contributed by atoms with E-state index in [9.17, 15) is 30.0 Å². The van der Waals surface area contributed by atoms with Crippen LogP contribution in [0.2, 0.25) is 5.02 Å². The third-order valence-electron chi connectivity index (χ3n) is 6.64. The molecule has 7 N–H and O–H groups in total. The summed E-state index contributed by atoms with van der Waals surface area (Å²) < 4.78 is 16.7. The van der Waals surface area contributed by atoms with Gasteiger partial charge in [0.15, 0.2) is 5.11 Å². The molecule has 0 saturated carbocycles. The maximum absolute atomic E-state index is 12.4. The maximum atomic E-state index is 12.4. The van der Waals surface area contributed by atoms with Gasteiger partial charge >= 0.3 is 5.97 Å². The minimum absolute atomic E-state index is 0.00335. The number of halogens is 1. The van der Waals surface area contributed by atoms with Crippen molar-refractivity contribution >= 4 is 40.8 Å². The molecule has 0 bridgehead atoms. The van der Waals surface area contributed by atoms with E-state index in [1.807, 2.05) is 0 Å². The zero-order chi connectivity index (χ0) is 31.1. The molecule has 1 heterocycles. The molecule has 0 aromatic heterocycles. The second-order valence-corrected chi connectivity index (χ2v) is 10.7. The van der Waals surface area contributed by atoms with Crippen molar-refractivity contribution in [1.82, 2.24) is 16.0 Å². The van der Waals surface area contributed by atoms with E-state index in [4.69, 9.17) is 44.5 Å². The summed E-state index contributed by atoms with van der Waals surface area (Å²) in [6.07, 6.45) is 1.25. The van der Waals surface area contributed by atoms with Gasteiger partial charge in [0.25, 0.3) is 5.79 Å². The number of carboxylic acids is 1. The van der Waals surface area contributed by atoms with Crippen LogP contribution >= 0.6 is 23.8 Å². The van der Waals surface area contributed by atoms with Crippen LogP contribution in [0.3, 0.4) is 0 Å². The summed E-state index contributed by atoms with van der Waals surface area (Å²) in [4.78, 5) is 24.8. The van der Waals surface area contributed by atoms with Crippen LogP contribution in [0.1, 0.15) is 37.7 Å². The lowest BCUT2D eigenvalue weighted by Crippen LogP contribution is -2.68. The van der Waals surface area contributed by atoms with Gasteiger partial charge in [-0.25, -0.2) is 4.79 Å². The molecule has 1 amide bonds. The van der Waals surface area contributed by atoms with E-state index in [2.05, 4.69) is 21.9 Å². The van der Waals surface area contributed by atoms with Crippen molar-refractivity contribution in [1.29, 1.82) is 0 Å². The number of nitrogens with one attached hydrogen (secondary N) is 3. The molecule has 1 aromatic rings. The van der Waals surface area contributed by atoms with Gasteiger partial charge in [0, 0.05) is 31.6 Å². The number of terminal acetylenes is 1.